The van der Waals surface area contributed by atoms with Gasteiger partial charge in [0.05, 0.1) is 6.54 Å². The molecule has 0 aromatic carbocycles. The predicted molar refractivity (Wildman–Crippen MR) is 92.6 cm³/mol. The van der Waals surface area contributed by atoms with Crippen LogP contribution in [0.1, 0.15) is 30.9 Å². The Bertz CT molecular complexity index is 742. The zero-order chi connectivity index (χ0) is 16.1. The van der Waals surface area contributed by atoms with E-state index >= 15 is 0 Å². The monoisotopic (exact) mass is 304 g/mol. The summed E-state index contributed by atoms with van der Waals surface area (Å²) in [6.07, 6.45) is 7.29. The highest BCUT2D eigenvalue weighted by Crippen LogP contribution is 2.26. The second-order valence-electron chi connectivity index (χ2n) is 5.73. The Morgan fingerprint density at radius 3 is 2.35 bits per heavy atom. The number of aromatic nitrogens is 3. The number of hydrogen-bond donors (Lipinski definition) is 0. The average Bonchev–Trinajstić information content (AvgIpc) is 2.61. The van der Waals surface area contributed by atoms with Gasteiger partial charge in [0.25, 0.3) is 0 Å². The molecule has 3 aromatic rings. The molecule has 0 saturated heterocycles. The number of pyridine rings is 3. The highest BCUT2D eigenvalue weighted by atomic mass is 15.2. The molecule has 0 bridgehead atoms. The van der Waals surface area contributed by atoms with Crippen molar-refractivity contribution >= 4 is 11.6 Å². The molecular formula is C19H20N4. The third-order valence-electron chi connectivity index (χ3n) is 3.73. The van der Waals surface area contributed by atoms with Crippen molar-refractivity contribution in [2.75, 3.05) is 4.90 Å². The van der Waals surface area contributed by atoms with Crippen LogP contribution in [0.2, 0.25) is 0 Å². The van der Waals surface area contributed by atoms with Crippen LogP contribution in [0, 0.1) is 0 Å². The Hall–Kier alpha value is -2.75. The molecule has 0 fully saturated rings. The van der Waals surface area contributed by atoms with Crippen molar-refractivity contribution in [1.82, 2.24) is 15.0 Å². The standard InChI is InChI=1S/C19H20N4/c1-15(2)17-8-12-22-19(13-17)23(18-5-3-4-9-21-18)14-16-6-10-20-11-7-16/h3-13,15H,14H2,1-2H3. The quantitative estimate of drug-likeness (QED) is 0.703. The zero-order valence-electron chi connectivity index (χ0n) is 13.4. The van der Waals surface area contributed by atoms with Crippen LogP contribution in [0.5, 0.6) is 0 Å². The fraction of sp³-hybridized carbons (Fsp3) is 0.211. The highest BCUT2D eigenvalue weighted by molar-refractivity contribution is 5.57. The minimum Gasteiger partial charge on any atom is -0.307 e. The summed E-state index contributed by atoms with van der Waals surface area (Å²) in [5.74, 6) is 2.26. The van der Waals surface area contributed by atoms with Crippen molar-refractivity contribution in [2.45, 2.75) is 26.3 Å². The van der Waals surface area contributed by atoms with Crippen LogP contribution in [0.25, 0.3) is 0 Å². The van der Waals surface area contributed by atoms with Crippen LogP contribution in [0.15, 0.2) is 67.3 Å². The lowest BCUT2D eigenvalue weighted by atomic mass is 10.0. The van der Waals surface area contributed by atoms with Crippen LogP contribution in [0.3, 0.4) is 0 Å². The first kappa shape index (κ1) is 15.2. The van der Waals surface area contributed by atoms with Gasteiger partial charge in [0.1, 0.15) is 11.6 Å². The molecule has 0 saturated carbocycles. The topological polar surface area (TPSA) is 41.9 Å². The van der Waals surface area contributed by atoms with Gasteiger partial charge in [0.15, 0.2) is 0 Å². The van der Waals surface area contributed by atoms with Crippen LogP contribution in [-0.2, 0) is 6.54 Å². The van der Waals surface area contributed by atoms with E-state index in [1.807, 2.05) is 48.9 Å². The van der Waals surface area contributed by atoms with E-state index < -0.39 is 0 Å². The molecule has 4 heteroatoms. The largest absolute Gasteiger partial charge is 0.307 e. The second kappa shape index (κ2) is 7.01. The molecule has 4 nitrogen and oxygen atoms in total. The molecule has 0 unspecified atom stereocenters. The Labute approximate surface area is 136 Å². The van der Waals surface area contributed by atoms with Crippen molar-refractivity contribution in [2.24, 2.45) is 0 Å². The van der Waals surface area contributed by atoms with Crippen LogP contribution >= 0.6 is 0 Å². The summed E-state index contributed by atoms with van der Waals surface area (Å²) in [6, 6.07) is 14.2. The number of nitrogens with zero attached hydrogens (tertiary/aromatic N) is 4. The predicted octanol–water partition coefficient (Wildman–Crippen LogP) is 4.33. The van der Waals surface area contributed by atoms with Gasteiger partial charge in [0.2, 0.25) is 0 Å². The molecular weight excluding hydrogens is 284 g/mol. The minimum atomic E-state index is 0.461. The van der Waals surface area contributed by atoms with E-state index in [0.29, 0.717) is 12.5 Å². The maximum Gasteiger partial charge on any atom is 0.134 e. The number of rotatable bonds is 5. The molecule has 0 N–H and O–H groups in total. The molecule has 0 atom stereocenters. The lowest BCUT2D eigenvalue weighted by molar-refractivity contribution is 0.853. The molecule has 3 aromatic heterocycles. The molecule has 23 heavy (non-hydrogen) atoms. The Balaban J connectivity index is 2.00. The first-order valence-corrected chi connectivity index (χ1v) is 7.77. The Morgan fingerprint density at radius 1 is 0.870 bits per heavy atom. The molecule has 3 heterocycles. The average molecular weight is 304 g/mol. The molecule has 3 rings (SSSR count). The molecule has 0 aliphatic rings. The van der Waals surface area contributed by atoms with E-state index in [9.17, 15) is 0 Å². The molecule has 0 spiro atoms. The van der Waals surface area contributed by atoms with Gasteiger partial charge in [-0.15, -0.1) is 0 Å². The van der Waals surface area contributed by atoms with Gasteiger partial charge in [-0.2, -0.15) is 0 Å². The van der Waals surface area contributed by atoms with E-state index in [4.69, 9.17) is 0 Å². The third-order valence-corrected chi connectivity index (χ3v) is 3.73. The first-order valence-electron chi connectivity index (χ1n) is 7.77. The van der Waals surface area contributed by atoms with Crippen molar-refractivity contribution in [3.63, 3.8) is 0 Å². The second-order valence-corrected chi connectivity index (χ2v) is 5.73. The maximum atomic E-state index is 4.56. The van der Waals surface area contributed by atoms with Gasteiger partial charge in [-0.05, 0) is 53.4 Å². The molecule has 116 valence electrons. The summed E-state index contributed by atoms with van der Waals surface area (Å²) in [5.41, 5.74) is 2.44. The Morgan fingerprint density at radius 2 is 1.65 bits per heavy atom. The summed E-state index contributed by atoms with van der Waals surface area (Å²) in [5, 5.41) is 0. The minimum absolute atomic E-state index is 0.461. The lowest BCUT2D eigenvalue weighted by Gasteiger charge is -2.23. The fourth-order valence-electron chi connectivity index (χ4n) is 2.40. The van der Waals surface area contributed by atoms with Crippen molar-refractivity contribution < 1.29 is 0 Å². The first-order chi connectivity index (χ1) is 11.2. The van der Waals surface area contributed by atoms with E-state index in [1.165, 1.54) is 11.1 Å². The zero-order valence-corrected chi connectivity index (χ0v) is 13.4. The highest BCUT2D eigenvalue weighted by Gasteiger charge is 2.13. The summed E-state index contributed by atoms with van der Waals surface area (Å²) in [6.45, 7) is 5.08. The van der Waals surface area contributed by atoms with Gasteiger partial charge in [-0.3, -0.25) is 4.98 Å². The van der Waals surface area contributed by atoms with Crippen LogP contribution < -0.4 is 4.90 Å². The molecule has 0 aliphatic carbocycles. The van der Waals surface area contributed by atoms with Gasteiger partial charge in [-0.1, -0.05) is 19.9 Å². The van der Waals surface area contributed by atoms with Crippen molar-refractivity contribution in [1.29, 1.82) is 0 Å². The van der Waals surface area contributed by atoms with E-state index in [2.05, 4.69) is 45.8 Å². The SMILES string of the molecule is CC(C)c1ccnc(N(Cc2ccncc2)c2ccccn2)c1. The van der Waals surface area contributed by atoms with Crippen LogP contribution in [-0.4, -0.2) is 15.0 Å². The van der Waals surface area contributed by atoms with E-state index in [-0.39, 0.29) is 0 Å². The van der Waals surface area contributed by atoms with E-state index in [0.717, 1.165) is 11.6 Å². The van der Waals surface area contributed by atoms with Crippen molar-refractivity contribution in [3.05, 3.63) is 78.4 Å². The van der Waals surface area contributed by atoms with Crippen molar-refractivity contribution in [3.8, 4) is 0 Å². The maximum absolute atomic E-state index is 4.56. The molecule has 0 radical (unpaired) electrons. The molecule has 0 aliphatic heterocycles. The molecule has 0 amide bonds. The summed E-state index contributed by atoms with van der Waals surface area (Å²) >= 11 is 0. The van der Waals surface area contributed by atoms with Gasteiger partial charge in [0, 0.05) is 24.8 Å². The Kier molecular flexibility index (Phi) is 4.62. The normalized spacial score (nSPS) is 10.7. The van der Waals surface area contributed by atoms with E-state index in [1.54, 1.807) is 6.20 Å². The van der Waals surface area contributed by atoms with Gasteiger partial charge >= 0.3 is 0 Å². The summed E-state index contributed by atoms with van der Waals surface area (Å²) in [4.78, 5) is 15.3. The number of hydrogen-bond acceptors (Lipinski definition) is 4. The third kappa shape index (κ3) is 3.72. The summed E-state index contributed by atoms with van der Waals surface area (Å²) < 4.78 is 0. The fourth-order valence-corrected chi connectivity index (χ4v) is 2.40. The smallest absolute Gasteiger partial charge is 0.134 e. The summed E-state index contributed by atoms with van der Waals surface area (Å²) in [7, 11) is 0. The van der Waals surface area contributed by atoms with Crippen LogP contribution in [0.4, 0.5) is 11.6 Å². The lowest BCUT2D eigenvalue weighted by Crippen LogP contribution is -2.19. The van der Waals surface area contributed by atoms with Gasteiger partial charge < -0.3 is 4.90 Å². The van der Waals surface area contributed by atoms with Gasteiger partial charge in [-0.25, -0.2) is 9.97 Å². The number of anilines is 2.